The van der Waals surface area contributed by atoms with Crippen molar-refractivity contribution < 1.29 is 13.2 Å². The average molecular weight is 259 g/mol. The first-order valence-electron chi connectivity index (χ1n) is 6.55. The summed E-state index contributed by atoms with van der Waals surface area (Å²) >= 11 is 0. The number of hydrogen-bond acceptors (Lipinski definition) is 3. The van der Waals surface area contributed by atoms with Crippen molar-refractivity contribution in [2.45, 2.75) is 38.5 Å². The number of carbonyl (C=O) groups excluding carboxylic acids is 1. The summed E-state index contributed by atoms with van der Waals surface area (Å²) in [7, 11) is -2.94. The molecule has 0 spiro atoms. The molecule has 0 aromatic carbocycles. The van der Waals surface area contributed by atoms with Gasteiger partial charge in [0.15, 0.2) is 9.84 Å². The Morgan fingerprint density at radius 3 is 2.41 bits per heavy atom. The zero-order valence-electron chi connectivity index (χ0n) is 10.2. The van der Waals surface area contributed by atoms with Crippen molar-refractivity contribution in [1.82, 2.24) is 5.32 Å². The van der Waals surface area contributed by atoms with Gasteiger partial charge in [-0.1, -0.05) is 19.3 Å². The summed E-state index contributed by atoms with van der Waals surface area (Å²) in [5.41, 5.74) is 0. The third-order valence-electron chi connectivity index (χ3n) is 3.89. The summed E-state index contributed by atoms with van der Waals surface area (Å²) in [6.45, 7) is 0.732. The maximum absolute atomic E-state index is 11.8. The molecule has 0 radical (unpaired) electrons. The highest BCUT2D eigenvalue weighted by Gasteiger charge is 2.32. The first-order valence-corrected chi connectivity index (χ1v) is 8.37. The van der Waals surface area contributed by atoms with Gasteiger partial charge in [-0.05, 0) is 25.2 Å². The minimum atomic E-state index is -2.94. The van der Waals surface area contributed by atoms with E-state index in [0.29, 0.717) is 12.3 Å². The van der Waals surface area contributed by atoms with Crippen LogP contribution in [-0.4, -0.2) is 32.4 Å². The number of sulfone groups is 1. The molecule has 1 saturated heterocycles. The zero-order valence-corrected chi connectivity index (χ0v) is 11.0. The lowest BCUT2D eigenvalue weighted by Gasteiger charge is -2.22. The predicted molar refractivity (Wildman–Crippen MR) is 66.3 cm³/mol. The molecule has 0 aromatic heterocycles. The quantitative estimate of drug-likeness (QED) is 0.826. The molecule has 1 aliphatic carbocycles. The predicted octanol–water partition coefficient (Wildman–Crippen LogP) is 1.12. The van der Waals surface area contributed by atoms with Crippen LogP contribution < -0.4 is 5.32 Å². The van der Waals surface area contributed by atoms with Crippen LogP contribution >= 0.6 is 0 Å². The van der Waals surface area contributed by atoms with Crippen LogP contribution in [0.1, 0.15) is 38.5 Å². The van der Waals surface area contributed by atoms with E-state index in [-0.39, 0.29) is 23.3 Å². The number of amides is 1. The molecule has 0 aromatic rings. The van der Waals surface area contributed by atoms with Crippen LogP contribution in [0, 0.1) is 11.8 Å². The van der Waals surface area contributed by atoms with Crippen LogP contribution in [0.25, 0.3) is 0 Å². The normalized spacial score (nSPS) is 29.1. The Kier molecular flexibility index (Phi) is 4.07. The largest absolute Gasteiger partial charge is 0.356 e. The Hall–Kier alpha value is -0.580. The van der Waals surface area contributed by atoms with Gasteiger partial charge < -0.3 is 5.32 Å². The van der Waals surface area contributed by atoms with Crippen molar-refractivity contribution in [2.24, 2.45) is 11.8 Å². The molecular formula is C12H21NO3S. The second-order valence-corrected chi connectivity index (χ2v) is 7.58. The third-order valence-corrected chi connectivity index (χ3v) is 5.66. The average Bonchev–Trinajstić information content (AvgIpc) is 2.68. The van der Waals surface area contributed by atoms with E-state index in [0.717, 1.165) is 6.54 Å². The fourth-order valence-corrected chi connectivity index (χ4v) is 4.52. The van der Waals surface area contributed by atoms with Gasteiger partial charge in [0.2, 0.25) is 5.91 Å². The molecule has 98 valence electrons. The van der Waals surface area contributed by atoms with E-state index < -0.39 is 9.84 Å². The van der Waals surface area contributed by atoms with Gasteiger partial charge in [0, 0.05) is 6.54 Å². The Morgan fingerprint density at radius 2 is 1.82 bits per heavy atom. The number of nitrogens with one attached hydrogen (secondary N) is 1. The molecule has 2 aliphatic rings. The smallest absolute Gasteiger partial charge is 0.224 e. The number of carbonyl (C=O) groups is 1. The van der Waals surface area contributed by atoms with Crippen LogP contribution in [-0.2, 0) is 14.6 Å². The molecule has 5 heteroatoms. The summed E-state index contributed by atoms with van der Waals surface area (Å²) in [5.74, 6) is 0.462. The maximum atomic E-state index is 11.8. The fourth-order valence-electron chi connectivity index (χ4n) is 2.78. The van der Waals surface area contributed by atoms with E-state index in [9.17, 15) is 13.2 Å². The van der Waals surface area contributed by atoms with Gasteiger partial charge in [-0.3, -0.25) is 4.79 Å². The molecule has 2 fully saturated rings. The Balaban J connectivity index is 1.74. The topological polar surface area (TPSA) is 63.2 Å². The summed E-state index contributed by atoms with van der Waals surface area (Å²) in [4.78, 5) is 11.8. The number of rotatable bonds is 3. The first kappa shape index (κ1) is 12.9. The highest BCUT2D eigenvalue weighted by atomic mass is 32.2. The van der Waals surface area contributed by atoms with Crippen molar-refractivity contribution in [1.29, 1.82) is 0 Å². The molecule has 17 heavy (non-hydrogen) atoms. The lowest BCUT2D eigenvalue weighted by atomic mass is 9.89. The van der Waals surface area contributed by atoms with Gasteiger partial charge in [-0.2, -0.15) is 0 Å². The van der Waals surface area contributed by atoms with E-state index in [1.165, 1.54) is 32.1 Å². The molecular weight excluding hydrogens is 238 g/mol. The van der Waals surface area contributed by atoms with Crippen LogP contribution in [0.5, 0.6) is 0 Å². The summed E-state index contributed by atoms with van der Waals surface area (Å²) in [6.07, 6.45) is 6.73. The van der Waals surface area contributed by atoms with Gasteiger partial charge in [0.25, 0.3) is 0 Å². The summed E-state index contributed by atoms with van der Waals surface area (Å²) < 4.78 is 22.5. The summed E-state index contributed by atoms with van der Waals surface area (Å²) in [5, 5.41) is 2.93. The second kappa shape index (κ2) is 5.38. The monoisotopic (exact) mass is 259 g/mol. The van der Waals surface area contributed by atoms with Gasteiger partial charge in [0.1, 0.15) is 0 Å². The lowest BCUT2D eigenvalue weighted by Crippen LogP contribution is -2.35. The van der Waals surface area contributed by atoms with Gasteiger partial charge in [-0.15, -0.1) is 0 Å². The van der Waals surface area contributed by atoms with E-state index in [2.05, 4.69) is 5.32 Å². The van der Waals surface area contributed by atoms with E-state index in [4.69, 9.17) is 0 Å². The van der Waals surface area contributed by atoms with Crippen LogP contribution in [0.15, 0.2) is 0 Å². The Bertz CT molecular complexity index is 371. The van der Waals surface area contributed by atoms with Crippen molar-refractivity contribution in [2.75, 3.05) is 18.1 Å². The molecule has 0 unspecified atom stereocenters. The fraction of sp³-hybridized carbons (Fsp3) is 0.917. The lowest BCUT2D eigenvalue weighted by molar-refractivity contribution is -0.124. The highest BCUT2D eigenvalue weighted by molar-refractivity contribution is 7.91. The molecule has 1 saturated carbocycles. The van der Waals surface area contributed by atoms with Crippen molar-refractivity contribution >= 4 is 15.7 Å². The number of hydrogen-bond donors (Lipinski definition) is 1. The van der Waals surface area contributed by atoms with E-state index in [1.807, 2.05) is 0 Å². The molecule has 1 amide bonds. The third kappa shape index (κ3) is 3.69. The molecule has 1 atom stereocenters. The Labute approximate surface area is 103 Å². The SMILES string of the molecule is O=C(NCC1CCCCC1)[C@H]1CCS(=O)(=O)C1. The molecule has 4 nitrogen and oxygen atoms in total. The van der Waals surface area contributed by atoms with Crippen LogP contribution in [0.3, 0.4) is 0 Å². The van der Waals surface area contributed by atoms with Crippen LogP contribution in [0.4, 0.5) is 0 Å². The standard InChI is InChI=1S/C12H21NO3S/c14-12(11-6-7-17(15,16)9-11)13-8-10-4-2-1-3-5-10/h10-11H,1-9H2,(H,13,14)/t11-/m0/s1. The maximum Gasteiger partial charge on any atom is 0.224 e. The van der Waals surface area contributed by atoms with Crippen molar-refractivity contribution in [3.8, 4) is 0 Å². The summed E-state index contributed by atoms with van der Waals surface area (Å²) in [6, 6.07) is 0. The van der Waals surface area contributed by atoms with Gasteiger partial charge in [-0.25, -0.2) is 8.42 Å². The first-order chi connectivity index (χ1) is 8.07. The van der Waals surface area contributed by atoms with Crippen molar-refractivity contribution in [3.05, 3.63) is 0 Å². The van der Waals surface area contributed by atoms with E-state index >= 15 is 0 Å². The van der Waals surface area contributed by atoms with Gasteiger partial charge >= 0.3 is 0 Å². The van der Waals surface area contributed by atoms with Gasteiger partial charge in [0.05, 0.1) is 17.4 Å². The second-order valence-electron chi connectivity index (χ2n) is 5.35. The minimum absolute atomic E-state index is 0.0451. The van der Waals surface area contributed by atoms with Crippen molar-refractivity contribution in [3.63, 3.8) is 0 Å². The Morgan fingerprint density at radius 1 is 1.12 bits per heavy atom. The van der Waals surface area contributed by atoms with E-state index in [1.54, 1.807) is 0 Å². The molecule has 1 aliphatic heterocycles. The minimum Gasteiger partial charge on any atom is -0.356 e. The molecule has 1 N–H and O–H groups in total. The zero-order chi connectivity index (χ0) is 12.3. The van der Waals surface area contributed by atoms with Crippen LogP contribution in [0.2, 0.25) is 0 Å². The highest BCUT2D eigenvalue weighted by Crippen LogP contribution is 2.23. The molecule has 2 rings (SSSR count). The molecule has 1 heterocycles. The molecule has 0 bridgehead atoms.